The number of phenolic OH excluding ortho intramolecular Hbond substituents is 3. The van der Waals surface area contributed by atoms with Crippen LogP contribution < -0.4 is 52.3 Å². The number of fused-ring (bicyclic) bond motifs is 15. The Balaban J connectivity index is 1.24. The maximum absolute atomic E-state index is 16.1. The van der Waals surface area contributed by atoms with Crippen LogP contribution in [0.4, 0.5) is 0 Å². The highest BCUT2D eigenvalue weighted by atomic mass is 35.5. The Morgan fingerprint density at radius 3 is 1.93 bits per heavy atom. The third-order valence-electron chi connectivity index (χ3n) is 18.5. The van der Waals surface area contributed by atoms with Crippen molar-refractivity contribution in [2.45, 2.75) is 164 Å². The van der Waals surface area contributed by atoms with E-state index in [1.807, 2.05) is 13.8 Å². The zero-order valence-electron chi connectivity index (χ0n) is 55.3. The fourth-order valence-corrected chi connectivity index (χ4v) is 13.6. The second-order valence-electron chi connectivity index (χ2n) is 26.6. The van der Waals surface area contributed by atoms with E-state index in [1.54, 1.807) is 0 Å². The molecule has 11 bridgehead atoms. The summed E-state index contributed by atoms with van der Waals surface area (Å²) in [6, 6.07) is 5.69. The van der Waals surface area contributed by atoms with E-state index in [2.05, 4.69) is 26.6 Å². The summed E-state index contributed by atoms with van der Waals surface area (Å²) in [5.74, 6) is -16.8. The number of ether oxygens (including phenoxy) is 6. The van der Waals surface area contributed by atoms with E-state index in [1.165, 1.54) is 57.3 Å². The molecule has 101 heavy (non-hydrogen) atoms. The van der Waals surface area contributed by atoms with E-state index < -0.39 is 222 Å². The molecule has 32 heteroatoms. The number of aromatic hydroxyl groups is 3. The van der Waals surface area contributed by atoms with Crippen molar-refractivity contribution >= 4 is 70.1 Å². The predicted molar refractivity (Wildman–Crippen MR) is 355 cm³/mol. The predicted octanol–water partition coefficient (Wildman–Crippen LogP) is 2.79. The number of likely N-dealkylation sites (N-methyl/N-ethyl adjacent to an activating group) is 1. The van der Waals surface area contributed by atoms with Gasteiger partial charge in [0.1, 0.15) is 71.2 Å². The van der Waals surface area contributed by atoms with Crippen molar-refractivity contribution < 1.29 is 113 Å². The van der Waals surface area contributed by atoms with Gasteiger partial charge in [0.15, 0.2) is 41.2 Å². The van der Waals surface area contributed by atoms with Gasteiger partial charge in [-0.05, 0) is 123 Å². The number of aliphatic hydroxyl groups excluding tert-OH is 6. The Hall–Kier alpha value is -8.60. The number of phenols is 3. The van der Waals surface area contributed by atoms with Gasteiger partial charge >= 0.3 is 0 Å². The first kappa shape index (κ1) is 75.1. The van der Waals surface area contributed by atoms with Crippen molar-refractivity contribution in [2.24, 2.45) is 29.2 Å². The van der Waals surface area contributed by atoms with Crippen LogP contribution in [-0.2, 0) is 52.6 Å². The summed E-state index contributed by atoms with van der Waals surface area (Å²) in [6.07, 6.45) is -19.6. The lowest BCUT2D eigenvalue weighted by atomic mass is 9.84. The highest BCUT2D eigenvalue weighted by Crippen LogP contribution is 2.50. The molecular weight excluding hydrogens is 1370 g/mol. The number of hydrogen-bond donors (Lipinski definition) is 16. The van der Waals surface area contributed by atoms with Gasteiger partial charge in [-0.1, -0.05) is 55.2 Å². The van der Waals surface area contributed by atoms with Crippen molar-refractivity contribution in [3.05, 3.63) is 117 Å². The Bertz CT molecular complexity index is 4070. The second-order valence-corrected chi connectivity index (χ2v) is 27.4. The molecule has 7 aliphatic rings. The number of carbonyl (C=O) groups is 8. The summed E-state index contributed by atoms with van der Waals surface area (Å²) in [4.78, 5) is 118. The number of carbonyl (C=O) groups excluding carboxylic acids is 8. The molecule has 18 N–H and O–H groups in total. The summed E-state index contributed by atoms with van der Waals surface area (Å²) in [5, 5.41) is 116. The average molecular weight is 1450 g/mol. The molecule has 7 heterocycles. The lowest BCUT2D eigenvalue weighted by molar-refractivity contribution is -0.333. The maximum atomic E-state index is 16.1. The number of halogens is 2. The number of amides is 5. The molecule has 7 aliphatic heterocycles. The molecule has 542 valence electrons. The monoisotopic (exact) mass is 1440 g/mol. The van der Waals surface area contributed by atoms with Crippen LogP contribution in [0.15, 0.2) is 78.9 Å². The number of nitrogens with two attached hydrogens (primary N) is 2. The first-order valence-corrected chi connectivity index (χ1v) is 33.1. The van der Waals surface area contributed by atoms with Crippen molar-refractivity contribution in [1.29, 1.82) is 0 Å². The van der Waals surface area contributed by atoms with Crippen LogP contribution in [-0.4, -0.2) is 173 Å². The minimum Gasteiger partial charge on any atom is -0.508 e. The highest BCUT2D eigenvalue weighted by Gasteiger charge is 2.51. The van der Waals surface area contributed by atoms with Gasteiger partial charge in [0, 0.05) is 42.0 Å². The quantitative estimate of drug-likeness (QED) is 0.0760. The van der Waals surface area contributed by atoms with Gasteiger partial charge in [-0.3, -0.25) is 38.4 Å². The van der Waals surface area contributed by atoms with E-state index >= 15 is 14.4 Å². The third kappa shape index (κ3) is 16.0. The van der Waals surface area contributed by atoms with E-state index in [9.17, 15) is 69.9 Å². The van der Waals surface area contributed by atoms with E-state index in [-0.39, 0.29) is 73.7 Å². The van der Waals surface area contributed by atoms with E-state index in [4.69, 9.17) is 63.1 Å². The van der Waals surface area contributed by atoms with Crippen LogP contribution in [0.3, 0.4) is 0 Å². The zero-order valence-corrected chi connectivity index (χ0v) is 56.8. The Labute approximate surface area is 587 Å². The number of nitrogens with one attached hydrogen (secondary N) is 5. The molecule has 5 aromatic rings. The molecule has 5 aromatic carbocycles. The van der Waals surface area contributed by atoms with Crippen LogP contribution >= 0.6 is 23.2 Å². The fourth-order valence-electron chi connectivity index (χ4n) is 13.2. The lowest BCUT2D eigenvalue weighted by Gasteiger charge is -2.47. The maximum Gasteiger partial charge on any atom is 0.248 e. The largest absolute Gasteiger partial charge is 0.508 e. The molecular formula is C69H79Cl2N7O23. The molecule has 2 saturated heterocycles. The number of primary amides is 1. The van der Waals surface area contributed by atoms with E-state index in [0.29, 0.717) is 0 Å². The number of aliphatic hydroxyl groups is 6. The molecule has 0 radical (unpaired) electrons. The summed E-state index contributed by atoms with van der Waals surface area (Å²) in [5.41, 5.74) is 9.07. The van der Waals surface area contributed by atoms with Gasteiger partial charge in [-0.25, -0.2) is 0 Å². The van der Waals surface area contributed by atoms with Gasteiger partial charge in [-0.15, -0.1) is 0 Å². The van der Waals surface area contributed by atoms with E-state index in [0.717, 1.165) is 49.4 Å². The minimum absolute atomic E-state index is 0.0465. The zero-order chi connectivity index (χ0) is 73.5. The normalized spacial score (nSPS) is 29.6. The fraction of sp³-hybridized carbons (Fsp3) is 0.449. The van der Waals surface area contributed by atoms with Crippen molar-refractivity contribution in [3.63, 3.8) is 0 Å². The molecule has 0 spiro atoms. The molecule has 1 unspecified atom stereocenters. The smallest absolute Gasteiger partial charge is 0.248 e. The summed E-state index contributed by atoms with van der Waals surface area (Å²) >= 11 is 14.2. The summed E-state index contributed by atoms with van der Waals surface area (Å²) in [6.45, 7) is 6.85. The molecule has 0 saturated carbocycles. The topological polar surface area (TPSA) is 486 Å². The second kappa shape index (κ2) is 30.5. The Morgan fingerprint density at radius 1 is 0.723 bits per heavy atom. The SMILES string of the molecule is CN[C@H](CC(C)C)C(=O)C[C@H]1C(=O)N[C@@H](CC(N)=O)C(=O)N[C@H]2C(=O)N[C@H]3C(=O)C[C@H](C(=O)N[C@H](C(C)=O)c4cc(O)cc(O)c4-c4cc3ccc4O)[C@H](O)c3ccc(c(Cl)c3)Oc3cc2cc(c3O[C@@H]2O[C@H](CO)[C@@H](O)[C@H](O)[C@H]2OC2C[C@](C)(N)[C@H](O)[C@H](C)O2)Oc2ccc(cc2Cl)[C@H]1O. The number of hydrogen-bond acceptors (Lipinski definition) is 25. The number of rotatable bonds is 14. The van der Waals surface area contributed by atoms with Crippen LogP contribution in [0, 0.1) is 17.8 Å². The average Bonchev–Trinajstić information content (AvgIpc) is 0.775. The molecule has 2 fully saturated rings. The third-order valence-corrected chi connectivity index (χ3v) is 19.1. The van der Waals surface area contributed by atoms with Crippen LogP contribution in [0.2, 0.25) is 10.0 Å². The van der Waals surface area contributed by atoms with Gasteiger partial charge in [0.2, 0.25) is 41.6 Å². The summed E-state index contributed by atoms with van der Waals surface area (Å²) < 4.78 is 38.5. The van der Waals surface area contributed by atoms with Crippen molar-refractivity contribution in [2.75, 3.05) is 13.7 Å². The number of Topliss-reactive ketones (excluding diaryl/α,β-unsaturated/α-hetero) is 3. The molecule has 0 aliphatic carbocycles. The minimum atomic E-state index is -2.27. The van der Waals surface area contributed by atoms with Gasteiger partial charge in [0.25, 0.3) is 0 Å². The summed E-state index contributed by atoms with van der Waals surface area (Å²) in [7, 11) is 1.52. The Kier molecular flexibility index (Phi) is 22.7. The van der Waals surface area contributed by atoms with Crippen LogP contribution in [0.25, 0.3) is 11.1 Å². The number of benzene rings is 5. The molecule has 5 amide bonds. The van der Waals surface area contributed by atoms with Crippen LogP contribution in [0.1, 0.15) is 125 Å². The molecule has 18 atom stereocenters. The van der Waals surface area contributed by atoms with Crippen LogP contribution in [0.5, 0.6) is 46.0 Å². The van der Waals surface area contributed by atoms with Crippen molar-refractivity contribution in [3.8, 4) is 57.1 Å². The van der Waals surface area contributed by atoms with Gasteiger partial charge in [-0.2, -0.15) is 0 Å². The molecule has 12 rings (SSSR count). The number of ketones is 3. The molecule has 0 aromatic heterocycles. The highest BCUT2D eigenvalue weighted by molar-refractivity contribution is 6.32. The first-order chi connectivity index (χ1) is 47.7. The lowest BCUT2D eigenvalue weighted by Crippen LogP contribution is -2.64. The Morgan fingerprint density at radius 2 is 1.35 bits per heavy atom. The van der Waals surface area contributed by atoms with Gasteiger partial charge < -0.3 is 112 Å². The van der Waals surface area contributed by atoms with Gasteiger partial charge in [0.05, 0.1) is 65.4 Å². The van der Waals surface area contributed by atoms with Crippen molar-refractivity contribution in [1.82, 2.24) is 26.6 Å². The standard InChI is InChI=1S/C69H79Cl2N7O23/c1-26(2)13-40(74-6)43(83)21-36-57(87)30-8-11-46(38(70)15-30)97-48-17-32-18-49(61(48)101-68-62(60(90)59(89)50(25-79)99-68)100-52-24-69(5,73)63(91)28(4)96-52)98-47-12-9-31(16-39(47)71)58(88)37-22-45(85)55(77-67(95)56(32)78-66(94)41(23-51(72)86)75-64(36)92)29-7-10-42(82)34(14-29)53-35(19-33(81)20-44(53)84)54(27(3)80)76-65(37)93/h7-12,14-20,26,28,36-37,40-41,50,52,54-60,62-63,68,74,79,81-82,84,87-91H,13,21-25,73H2,1-6H3,(H2,72,86)(H,75,92)(H,76,93)(H,77,95)(H,78,94)/t28-,36+,37-,40+,41-,50+,52?,54+,55+,56+,57+,58+,59+,60-,62+,63+,68-,69-/m0/s1. The molecule has 30 nitrogen and oxygen atoms in total. The first-order valence-electron chi connectivity index (χ1n) is 32.3.